The largest absolute Gasteiger partial charge is 0.465 e. The Morgan fingerprint density at radius 2 is 2.20 bits per heavy atom. The van der Waals surface area contributed by atoms with Crippen LogP contribution in [0.3, 0.4) is 0 Å². The van der Waals surface area contributed by atoms with Crippen LogP contribution in [0.1, 0.15) is 56.5 Å². The third kappa shape index (κ3) is 2.25. The van der Waals surface area contributed by atoms with Crippen LogP contribution in [0.15, 0.2) is 16.5 Å². The van der Waals surface area contributed by atoms with Crippen LogP contribution in [0.2, 0.25) is 0 Å². The van der Waals surface area contributed by atoms with Gasteiger partial charge in [-0.2, -0.15) is 0 Å². The molecule has 2 nitrogen and oxygen atoms in total. The highest BCUT2D eigenvalue weighted by Crippen LogP contribution is 2.30. The molecule has 1 fully saturated rings. The second-order valence-electron chi connectivity index (χ2n) is 4.44. The maximum atomic E-state index is 5.97. The minimum Gasteiger partial charge on any atom is -0.465 e. The molecule has 0 spiro atoms. The van der Waals surface area contributed by atoms with Gasteiger partial charge in [0, 0.05) is 18.4 Å². The Balaban J connectivity index is 2.08. The molecule has 2 heterocycles. The van der Waals surface area contributed by atoms with Gasteiger partial charge < -0.3 is 9.73 Å². The predicted molar refractivity (Wildman–Crippen MR) is 62.3 cm³/mol. The zero-order valence-corrected chi connectivity index (χ0v) is 9.75. The number of hydrogen-bond donors (Lipinski definition) is 1. The Labute approximate surface area is 92.1 Å². The van der Waals surface area contributed by atoms with Crippen molar-refractivity contribution in [3.8, 4) is 0 Å². The second-order valence-corrected chi connectivity index (χ2v) is 4.44. The van der Waals surface area contributed by atoms with Crippen molar-refractivity contribution in [3.63, 3.8) is 0 Å². The van der Waals surface area contributed by atoms with E-state index in [4.69, 9.17) is 4.42 Å². The van der Waals surface area contributed by atoms with Crippen LogP contribution in [0.5, 0.6) is 0 Å². The summed E-state index contributed by atoms with van der Waals surface area (Å²) in [7, 11) is 0. The first kappa shape index (κ1) is 10.7. The van der Waals surface area contributed by atoms with Crippen molar-refractivity contribution in [2.24, 2.45) is 0 Å². The van der Waals surface area contributed by atoms with Crippen LogP contribution in [-0.4, -0.2) is 13.1 Å². The molecular weight excluding hydrogens is 186 g/mol. The molecule has 2 rings (SSSR count). The highest BCUT2D eigenvalue weighted by atomic mass is 16.3. The smallest absolute Gasteiger partial charge is 0.108 e. The number of nitrogens with one attached hydrogen (secondary N) is 1. The summed E-state index contributed by atoms with van der Waals surface area (Å²) in [6.07, 6.45) is 3.56. The van der Waals surface area contributed by atoms with E-state index in [1.807, 2.05) is 0 Å². The first-order valence-corrected chi connectivity index (χ1v) is 6.15. The Kier molecular flexibility index (Phi) is 3.47. The Morgan fingerprint density at radius 3 is 2.80 bits per heavy atom. The van der Waals surface area contributed by atoms with E-state index in [-0.39, 0.29) is 0 Å². The molecule has 15 heavy (non-hydrogen) atoms. The molecule has 1 aromatic rings. The lowest BCUT2D eigenvalue weighted by atomic mass is 10.0. The van der Waals surface area contributed by atoms with E-state index in [0.29, 0.717) is 11.8 Å². The van der Waals surface area contributed by atoms with Gasteiger partial charge in [0.25, 0.3) is 0 Å². The fourth-order valence-corrected chi connectivity index (χ4v) is 2.40. The van der Waals surface area contributed by atoms with E-state index in [1.54, 1.807) is 0 Å². The molecule has 1 saturated heterocycles. The molecule has 0 bridgehead atoms. The van der Waals surface area contributed by atoms with Crippen LogP contribution in [0, 0.1) is 0 Å². The molecule has 0 amide bonds. The van der Waals surface area contributed by atoms with Crippen molar-refractivity contribution in [3.05, 3.63) is 23.7 Å². The molecule has 84 valence electrons. The zero-order valence-electron chi connectivity index (χ0n) is 9.75. The van der Waals surface area contributed by atoms with Crippen LogP contribution < -0.4 is 5.32 Å². The van der Waals surface area contributed by atoms with Crippen LogP contribution in [0.25, 0.3) is 0 Å². The quantitative estimate of drug-likeness (QED) is 0.819. The predicted octanol–water partition coefficient (Wildman–Crippen LogP) is 3.26. The minimum atomic E-state index is 0.605. The van der Waals surface area contributed by atoms with Crippen LogP contribution in [-0.2, 0) is 0 Å². The summed E-state index contributed by atoms with van der Waals surface area (Å²) >= 11 is 0. The van der Waals surface area contributed by atoms with E-state index in [2.05, 4.69) is 31.3 Å². The van der Waals surface area contributed by atoms with Gasteiger partial charge in [-0.1, -0.05) is 13.8 Å². The lowest BCUT2D eigenvalue weighted by Crippen LogP contribution is -2.07. The average molecular weight is 207 g/mol. The summed E-state index contributed by atoms with van der Waals surface area (Å²) in [4.78, 5) is 0. The summed E-state index contributed by atoms with van der Waals surface area (Å²) in [5.74, 6) is 3.57. The monoisotopic (exact) mass is 207 g/mol. The van der Waals surface area contributed by atoms with Crippen LogP contribution in [0.4, 0.5) is 0 Å². The molecule has 0 radical (unpaired) electrons. The van der Waals surface area contributed by atoms with Crippen molar-refractivity contribution >= 4 is 0 Å². The van der Waals surface area contributed by atoms with Gasteiger partial charge >= 0.3 is 0 Å². The van der Waals surface area contributed by atoms with Crippen molar-refractivity contribution in [2.45, 2.75) is 44.9 Å². The molecule has 2 heteroatoms. The third-order valence-corrected chi connectivity index (χ3v) is 3.50. The molecule has 1 aliphatic heterocycles. The molecule has 0 saturated carbocycles. The van der Waals surface area contributed by atoms with Gasteiger partial charge in [-0.05, 0) is 37.9 Å². The number of furan rings is 1. The standard InChI is InChI=1S/C13H21NO/c1-3-10(4-2)12-5-6-13(15-12)11-7-8-14-9-11/h5-6,10-11,14H,3-4,7-9H2,1-2H3. The first-order chi connectivity index (χ1) is 7.35. The molecule has 1 aliphatic rings. The molecule has 1 atom stereocenters. The van der Waals surface area contributed by atoms with Crippen molar-refractivity contribution < 1.29 is 4.42 Å². The fourth-order valence-electron chi connectivity index (χ4n) is 2.40. The fraction of sp³-hybridized carbons (Fsp3) is 0.692. The normalized spacial score (nSPS) is 21.4. The van der Waals surface area contributed by atoms with Gasteiger partial charge in [-0.25, -0.2) is 0 Å². The summed E-state index contributed by atoms with van der Waals surface area (Å²) < 4.78 is 5.97. The highest BCUT2D eigenvalue weighted by molar-refractivity contribution is 5.15. The molecule has 0 aromatic carbocycles. The average Bonchev–Trinajstić information content (AvgIpc) is 2.89. The van der Waals surface area contributed by atoms with Crippen LogP contribution >= 0.6 is 0 Å². The lowest BCUT2D eigenvalue weighted by molar-refractivity contribution is 0.401. The third-order valence-electron chi connectivity index (χ3n) is 3.50. The summed E-state index contributed by atoms with van der Waals surface area (Å²) in [6, 6.07) is 4.34. The maximum absolute atomic E-state index is 5.97. The Morgan fingerprint density at radius 1 is 1.40 bits per heavy atom. The number of rotatable bonds is 4. The summed E-state index contributed by atoms with van der Waals surface area (Å²) in [5, 5.41) is 3.38. The Hall–Kier alpha value is -0.760. The van der Waals surface area contributed by atoms with Gasteiger partial charge in [0.05, 0.1) is 0 Å². The van der Waals surface area contributed by atoms with E-state index in [1.165, 1.54) is 30.8 Å². The maximum Gasteiger partial charge on any atom is 0.108 e. The highest BCUT2D eigenvalue weighted by Gasteiger charge is 2.21. The SMILES string of the molecule is CCC(CC)c1ccc(C2CCNC2)o1. The second kappa shape index (κ2) is 4.84. The van der Waals surface area contributed by atoms with Crippen molar-refractivity contribution in [1.82, 2.24) is 5.32 Å². The first-order valence-electron chi connectivity index (χ1n) is 6.15. The molecule has 1 unspecified atom stereocenters. The lowest BCUT2D eigenvalue weighted by Gasteiger charge is -2.09. The van der Waals surface area contributed by atoms with E-state index < -0.39 is 0 Å². The summed E-state index contributed by atoms with van der Waals surface area (Å²) in [5.41, 5.74) is 0. The van der Waals surface area contributed by atoms with Crippen molar-refractivity contribution in [1.29, 1.82) is 0 Å². The molecular formula is C13H21NO. The van der Waals surface area contributed by atoms with Gasteiger partial charge in [0.1, 0.15) is 11.5 Å². The zero-order chi connectivity index (χ0) is 10.7. The molecule has 0 aliphatic carbocycles. The summed E-state index contributed by atoms with van der Waals surface area (Å²) in [6.45, 7) is 6.67. The number of hydrogen-bond acceptors (Lipinski definition) is 2. The van der Waals surface area contributed by atoms with E-state index in [9.17, 15) is 0 Å². The molecule has 1 N–H and O–H groups in total. The topological polar surface area (TPSA) is 25.2 Å². The van der Waals surface area contributed by atoms with Crippen molar-refractivity contribution in [2.75, 3.05) is 13.1 Å². The van der Waals surface area contributed by atoms with Gasteiger partial charge in [0.15, 0.2) is 0 Å². The van der Waals surface area contributed by atoms with Gasteiger partial charge in [-0.15, -0.1) is 0 Å². The van der Waals surface area contributed by atoms with E-state index in [0.717, 1.165) is 13.1 Å². The minimum absolute atomic E-state index is 0.605. The van der Waals surface area contributed by atoms with E-state index >= 15 is 0 Å². The van der Waals surface area contributed by atoms with Gasteiger partial charge in [0.2, 0.25) is 0 Å². The Bertz CT molecular complexity index is 279. The molecule has 1 aromatic heterocycles. The van der Waals surface area contributed by atoms with Gasteiger partial charge in [-0.3, -0.25) is 0 Å².